The van der Waals surface area contributed by atoms with Gasteiger partial charge in [-0.2, -0.15) is 0 Å². The molecule has 0 saturated heterocycles. The Bertz CT molecular complexity index is 407. The minimum atomic E-state index is 0.509. The Morgan fingerprint density at radius 1 is 1.39 bits per heavy atom. The Kier molecular flexibility index (Phi) is 4.61. The van der Waals surface area contributed by atoms with E-state index in [-0.39, 0.29) is 0 Å². The van der Waals surface area contributed by atoms with Crippen LogP contribution in [0, 0.1) is 6.92 Å². The van der Waals surface area contributed by atoms with Gasteiger partial charge in [0.05, 0.1) is 6.54 Å². The summed E-state index contributed by atoms with van der Waals surface area (Å²) in [4.78, 5) is 2.41. The van der Waals surface area contributed by atoms with Gasteiger partial charge in [-0.25, -0.2) is 0 Å². The first-order valence-corrected chi connectivity index (χ1v) is 6.84. The fraction of sp³-hybridized carbons (Fsp3) is 0.600. The number of nitrogens with one attached hydrogen (secondary N) is 1. The van der Waals surface area contributed by atoms with Crippen LogP contribution in [0.4, 0.5) is 0 Å². The Morgan fingerprint density at radius 3 is 2.89 bits per heavy atom. The molecule has 0 bridgehead atoms. The first kappa shape index (κ1) is 13.4. The second kappa shape index (κ2) is 6.21. The highest BCUT2D eigenvalue weighted by molar-refractivity contribution is 5.21. The smallest absolute Gasteiger partial charge is 0.118 e. The van der Waals surface area contributed by atoms with Crippen LogP contribution in [-0.4, -0.2) is 24.0 Å². The zero-order valence-electron chi connectivity index (χ0n) is 11.7. The summed E-state index contributed by atoms with van der Waals surface area (Å²) in [6.45, 7) is 10.4. The molecule has 2 heterocycles. The molecule has 1 aromatic heterocycles. The Hall–Kier alpha value is -1.06. The summed E-state index contributed by atoms with van der Waals surface area (Å²) in [5.41, 5.74) is 1.28. The Balaban J connectivity index is 1.93. The van der Waals surface area contributed by atoms with Crippen LogP contribution in [0.1, 0.15) is 37.4 Å². The van der Waals surface area contributed by atoms with Crippen molar-refractivity contribution in [2.75, 3.05) is 13.1 Å². The average Bonchev–Trinajstić information content (AvgIpc) is 2.68. The van der Waals surface area contributed by atoms with Crippen LogP contribution in [0.3, 0.4) is 0 Å². The van der Waals surface area contributed by atoms with E-state index >= 15 is 0 Å². The highest BCUT2D eigenvalue weighted by atomic mass is 16.3. The van der Waals surface area contributed by atoms with Gasteiger partial charge in [-0.05, 0) is 19.4 Å². The monoisotopic (exact) mass is 248 g/mol. The van der Waals surface area contributed by atoms with Crippen molar-refractivity contribution in [3.8, 4) is 0 Å². The standard InChI is InChI=1S/C15H24N2O/c1-12(2)16-10-14-9-15(18-13(14)3)11-17-7-5-4-6-8-17/h4-5,9,12,16H,6-8,10-11H2,1-3H3. The van der Waals surface area contributed by atoms with Crippen molar-refractivity contribution in [2.45, 2.75) is 46.3 Å². The van der Waals surface area contributed by atoms with E-state index in [9.17, 15) is 0 Å². The van der Waals surface area contributed by atoms with E-state index in [1.54, 1.807) is 0 Å². The fourth-order valence-electron chi connectivity index (χ4n) is 2.21. The molecule has 1 aliphatic rings. The molecule has 3 nitrogen and oxygen atoms in total. The third kappa shape index (κ3) is 3.72. The first-order valence-electron chi connectivity index (χ1n) is 6.84. The topological polar surface area (TPSA) is 28.4 Å². The molecular formula is C15H24N2O. The van der Waals surface area contributed by atoms with Crippen molar-refractivity contribution < 1.29 is 4.42 Å². The summed E-state index contributed by atoms with van der Waals surface area (Å²) < 4.78 is 5.84. The van der Waals surface area contributed by atoms with Crippen molar-refractivity contribution in [3.63, 3.8) is 0 Å². The molecule has 2 rings (SSSR count). The molecule has 1 aliphatic heterocycles. The summed E-state index contributed by atoms with van der Waals surface area (Å²) >= 11 is 0. The summed E-state index contributed by atoms with van der Waals surface area (Å²) in [6, 6.07) is 2.71. The van der Waals surface area contributed by atoms with E-state index in [1.807, 2.05) is 0 Å². The summed E-state index contributed by atoms with van der Waals surface area (Å²) in [6.07, 6.45) is 5.64. The lowest BCUT2D eigenvalue weighted by Crippen LogP contribution is -2.26. The highest BCUT2D eigenvalue weighted by Gasteiger charge is 2.12. The molecule has 0 amide bonds. The minimum Gasteiger partial charge on any atom is -0.465 e. The van der Waals surface area contributed by atoms with Crippen LogP contribution in [0.25, 0.3) is 0 Å². The number of aryl methyl sites for hydroxylation is 1. The summed E-state index contributed by atoms with van der Waals surface area (Å²) in [5.74, 6) is 2.13. The molecule has 100 valence electrons. The lowest BCUT2D eigenvalue weighted by molar-refractivity contribution is 0.263. The lowest BCUT2D eigenvalue weighted by Gasteiger charge is -2.21. The normalized spacial score (nSPS) is 16.7. The van der Waals surface area contributed by atoms with Crippen molar-refractivity contribution in [2.24, 2.45) is 0 Å². The quantitative estimate of drug-likeness (QED) is 0.812. The number of hydrogen-bond acceptors (Lipinski definition) is 3. The predicted octanol–water partition coefficient (Wildman–Crippen LogP) is 2.85. The SMILES string of the molecule is Cc1oc(CN2CC=CCC2)cc1CNC(C)C. The predicted molar refractivity (Wildman–Crippen MR) is 74.5 cm³/mol. The third-order valence-electron chi connectivity index (χ3n) is 3.29. The van der Waals surface area contributed by atoms with Crippen LogP contribution in [0.2, 0.25) is 0 Å². The van der Waals surface area contributed by atoms with Crippen LogP contribution in [-0.2, 0) is 13.1 Å². The number of rotatable bonds is 5. The largest absolute Gasteiger partial charge is 0.465 e. The van der Waals surface area contributed by atoms with Gasteiger partial charge in [-0.3, -0.25) is 4.90 Å². The molecule has 0 aliphatic carbocycles. The van der Waals surface area contributed by atoms with Crippen molar-refractivity contribution in [1.82, 2.24) is 10.2 Å². The molecule has 0 unspecified atom stereocenters. The lowest BCUT2D eigenvalue weighted by atomic mass is 10.2. The molecule has 0 radical (unpaired) electrons. The average molecular weight is 248 g/mol. The van der Waals surface area contributed by atoms with Gasteiger partial charge in [0, 0.05) is 31.2 Å². The zero-order chi connectivity index (χ0) is 13.0. The van der Waals surface area contributed by atoms with Gasteiger partial charge in [0.15, 0.2) is 0 Å². The van der Waals surface area contributed by atoms with Crippen LogP contribution >= 0.6 is 0 Å². The zero-order valence-corrected chi connectivity index (χ0v) is 11.7. The molecule has 0 atom stereocenters. The molecular weight excluding hydrogens is 224 g/mol. The van der Waals surface area contributed by atoms with E-state index in [2.05, 4.69) is 49.2 Å². The molecule has 3 heteroatoms. The number of nitrogens with zero attached hydrogens (tertiary/aromatic N) is 1. The third-order valence-corrected chi connectivity index (χ3v) is 3.29. The van der Waals surface area contributed by atoms with E-state index in [1.165, 1.54) is 5.56 Å². The summed E-state index contributed by atoms with van der Waals surface area (Å²) in [5, 5.41) is 3.43. The number of hydrogen-bond donors (Lipinski definition) is 1. The maximum absolute atomic E-state index is 5.84. The summed E-state index contributed by atoms with van der Waals surface area (Å²) in [7, 11) is 0. The van der Waals surface area contributed by atoms with E-state index in [0.29, 0.717) is 6.04 Å². The molecule has 0 saturated carbocycles. The van der Waals surface area contributed by atoms with Gasteiger partial charge in [-0.1, -0.05) is 26.0 Å². The number of furan rings is 1. The Morgan fingerprint density at radius 2 is 2.22 bits per heavy atom. The van der Waals surface area contributed by atoms with Gasteiger partial charge in [0.1, 0.15) is 11.5 Å². The maximum Gasteiger partial charge on any atom is 0.118 e. The molecule has 0 fully saturated rings. The maximum atomic E-state index is 5.84. The second-order valence-corrected chi connectivity index (χ2v) is 5.32. The van der Waals surface area contributed by atoms with Crippen LogP contribution < -0.4 is 5.32 Å². The molecule has 1 N–H and O–H groups in total. The van der Waals surface area contributed by atoms with Gasteiger partial charge in [-0.15, -0.1) is 0 Å². The van der Waals surface area contributed by atoms with E-state index in [0.717, 1.165) is 44.1 Å². The highest BCUT2D eigenvalue weighted by Crippen LogP contribution is 2.17. The van der Waals surface area contributed by atoms with Crippen molar-refractivity contribution >= 4 is 0 Å². The van der Waals surface area contributed by atoms with Crippen LogP contribution in [0.5, 0.6) is 0 Å². The van der Waals surface area contributed by atoms with Gasteiger partial charge in [0.25, 0.3) is 0 Å². The molecule has 1 aromatic rings. The first-order chi connectivity index (χ1) is 8.65. The van der Waals surface area contributed by atoms with E-state index in [4.69, 9.17) is 4.42 Å². The van der Waals surface area contributed by atoms with Gasteiger partial charge in [0.2, 0.25) is 0 Å². The molecule has 18 heavy (non-hydrogen) atoms. The van der Waals surface area contributed by atoms with Gasteiger partial charge < -0.3 is 9.73 Å². The van der Waals surface area contributed by atoms with Crippen molar-refractivity contribution in [1.29, 1.82) is 0 Å². The second-order valence-electron chi connectivity index (χ2n) is 5.32. The van der Waals surface area contributed by atoms with Crippen LogP contribution in [0.15, 0.2) is 22.6 Å². The molecule has 0 spiro atoms. The minimum absolute atomic E-state index is 0.509. The Labute approximate surface area is 110 Å². The molecule has 0 aromatic carbocycles. The van der Waals surface area contributed by atoms with Gasteiger partial charge >= 0.3 is 0 Å². The fourth-order valence-corrected chi connectivity index (χ4v) is 2.21. The van der Waals surface area contributed by atoms with E-state index < -0.39 is 0 Å². The van der Waals surface area contributed by atoms with Crippen molar-refractivity contribution in [3.05, 3.63) is 35.3 Å².